The smallest absolute Gasteiger partial charge is 0.0106 e. The Balaban J connectivity index is 2.91. The van der Waals surface area contributed by atoms with Crippen LogP contribution in [0.4, 0.5) is 0 Å². The number of unbranched alkanes of at least 4 members (excludes halogenated alkanes) is 11. The molecule has 0 atom stereocenters. The van der Waals surface area contributed by atoms with E-state index >= 15 is 0 Å². The topological polar surface area (TPSA) is 26.0 Å². The normalized spacial score (nSPS) is 11.4. The highest BCUT2D eigenvalue weighted by molar-refractivity contribution is 4.81. The molecule has 102 valence electrons. The maximum Gasteiger partial charge on any atom is 0.0106 e. The van der Waals surface area contributed by atoms with Crippen LogP contribution in [0.15, 0.2) is 12.2 Å². The van der Waals surface area contributed by atoms with Gasteiger partial charge >= 0.3 is 0 Å². The first kappa shape index (κ1) is 16.7. The van der Waals surface area contributed by atoms with E-state index in [1.54, 1.807) is 0 Å². The fraction of sp³-hybridized carbons (Fsp3) is 0.875. The SMILES string of the molecule is CCCCCCCCCCCCCC=CCN. The van der Waals surface area contributed by atoms with Crippen molar-refractivity contribution in [2.45, 2.75) is 84.0 Å². The van der Waals surface area contributed by atoms with E-state index in [4.69, 9.17) is 5.73 Å². The van der Waals surface area contributed by atoms with Crippen molar-refractivity contribution in [3.63, 3.8) is 0 Å². The molecule has 0 unspecified atom stereocenters. The standard InChI is InChI=1S/C16H33N/c1-2-3-4-5-6-7-8-9-10-11-12-13-14-15-16-17/h14-15H,2-13,16-17H2,1H3. The van der Waals surface area contributed by atoms with Gasteiger partial charge in [-0.15, -0.1) is 0 Å². The Morgan fingerprint density at radius 2 is 1.12 bits per heavy atom. The second kappa shape index (κ2) is 15.7. The van der Waals surface area contributed by atoms with Crippen LogP contribution >= 0.6 is 0 Å². The van der Waals surface area contributed by atoms with Crippen LogP contribution in [0.3, 0.4) is 0 Å². The first-order chi connectivity index (χ1) is 8.41. The molecule has 0 bridgehead atoms. The van der Waals surface area contributed by atoms with Gasteiger partial charge in [0.1, 0.15) is 0 Å². The third-order valence-electron chi connectivity index (χ3n) is 3.28. The van der Waals surface area contributed by atoms with Crippen LogP contribution < -0.4 is 5.73 Å². The summed E-state index contributed by atoms with van der Waals surface area (Å²) in [6.07, 6.45) is 21.1. The van der Waals surface area contributed by atoms with E-state index in [2.05, 4.69) is 19.1 Å². The van der Waals surface area contributed by atoms with Gasteiger partial charge in [0.05, 0.1) is 0 Å². The summed E-state index contributed by atoms with van der Waals surface area (Å²) < 4.78 is 0. The fourth-order valence-corrected chi connectivity index (χ4v) is 2.14. The van der Waals surface area contributed by atoms with Crippen LogP contribution in [0.25, 0.3) is 0 Å². The van der Waals surface area contributed by atoms with Crippen LogP contribution in [0.5, 0.6) is 0 Å². The highest BCUT2D eigenvalue weighted by Crippen LogP contribution is 2.11. The second-order valence-corrected chi connectivity index (χ2v) is 5.03. The molecule has 0 aliphatic heterocycles. The first-order valence-corrected chi connectivity index (χ1v) is 7.77. The monoisotopic (exact) mass is 239 g/mol. The van der Waals surface area contributed by atoms with Crippen LogP contribution in [-0.2, 0) is 0 Å². The molecule has 1 nitrogen and oxygen atoms in total. The minimum Gasteiger partial charge on any atom is -0.327 e. The highest BCUT2D eigenvalue weighted by Gasteiger charge is 1.92. The lowest BCUT2D eigenvalue weighted by molar-refractivity contribution is 0.550. The molecule has 1 heteroatoms. The summed E-state index contributed by atoms with van der Waals surface area (Å²) in [5.41, 5.74) is 5.38. The molecule has 0 rings (SSSR count). The third kappa shape index (κ3) is 15.7. The minimum absolute atomic E-state index is 0.692. The first-order valence-electron chi connectivity index (χ1n) is 7.77. The number of nitrogens with two attached hydrogens (primary N) is 1. The fourth-order valence-electron chi connectivity index (χ4n) is 2.14. The maximum atomic E-state index is 5.38. The Bertz CT molecular complexity index is 152. The Labute approximate surface area is 109 Å². The molecule has 0 aromatic rings. The average Bonchev–Trinajstić information content (AvgIpc) is 2.35. The van der Waals surface area contributed by atoms with Gasteiger partial charge in [0.25, 0.3) is 0 Å². The largest absolute Gasteiger partial charge is 0.327 e. The van der Waals surface area contributed by atoms with E-state index in [1.807, 2.05) is 0 Å². The molecule has 0 aliphatic carbocycles. The van der Waals surface area contributed by atoms with Gasteiger partial charge in [0.15, 0.2) is 0 Å². The zero-order valence-corrected chi connectivity index (χ0v) is 11.9. The lowest BCUT2D eigenvalue weighted by Crippen LogP contribution is -1.91. The summed E-state index contributed by atoms with van der Waals surface area (Å²) >= 11 is 0. The van der Waals surface area contributed by atoms with Gasteiger partial charge < -0.3 is 5.73 Å². The summed E-state index contributed by atoms with van der Waals surface area (Å²) in [5.74, 6) is 0. The molecule has 0 spiro atoms. The van der Waals surface area contributed by atoms with Crippen LogP contribution in [0, 0.1) is 0 Å². The molecular formula is C16H33N. The predicted octanol–water partition coefficient (Wildman–Crippen LogP) is 5.20. The lowest BCUT2D eigenvalue weighted by atomic mass is 10.1. The predicted molar refractivity (Wildman–Crippen MR) is 79.3 cm³/mol. The average molecular weight is 239 g/mol. The summed E-state index contributed by atoms with van der Waals surface area (Å²) in [4.78, 5) is 0. The number of hydrogen-bond donors (Lipinski definition) is 1. The summed E-state index contributed by atoms with van der Waals surface area (Å²) in [6.45, 7) is 2.97. The van der Waals surface area contributed by atoms with Crippen molar-refractivity contribution in [1.82, 2.24) is 0 Å². The summed E-state index contributed by atoms with van der Waals surface area (Å²) in [7, 11) is 0. The van der Waals surface area contributed by atoms with Gasteiger partial charge in [0, 0.05) is 6.54 Å². The van der Waals surface area contributed by atoms with E-state index in [0.717, 1.165) is 0 Å². The molecule has 0 saturated heterocycles. The molecule has 0 heterocycles. The molecule has 0 amide bonds. The van der Waals surface area contributed by atoms with Crippen molar-refractivity contribution in [1.29, 1.82) is 0 Å². The Morgan fingerprint density at radius 1 is 0.647 bits per heavy atom. The second-order valence-electron chi connectivity index (χ2n) is 5.03. The summed E-state index contributed by atoms with van der Waals surface area (Å²) in [6, 6.07) is 0. The van der Waals surface area contributed by atoms with Crippen LogP contribution in [-0.4, -0.2) is 6.54 Å². The van der Waals surface area contributed by atoms with Crippen molar-refractivity contribution >= 4 is 0 Å². The molecule has 0 aliphatic rings. The maximum absolute atomic E-state index is 5.38. The third-order valence-corrected chi connectivity index (χ3v) is 3.28. The number of rotatable bonds is 13. The van der Waals surface area contributed by atoms with Crippen molar-refractivity contribution in [2.24, 2.45) is 5.73 Å². The molecule has 0 aromatic heterocycles. The van der Waals surface area contributed by atoms with Crippen molar-refractivity contribution in [3.05, 3.63) is 12.2 Å². The van der Waals surface area contributed by atoms with Gasteiger partial charge in [-0.25, -0.2) is 0 Å². The van der Waals surface area contributed by atoms with Crippen molar-refractivity contribution < 1.29 is 0 Å². The van der Waals surface area contributed by atoms with E-state index in [9.17, 15) is 0 Å². The molecule has 2 N–H and O–H groups in total. The summed E-state index contributed by atoms with van der Waals surface area (Å²) in [5, 5.41) is 0. The van der Waals surface area contributed by atoms with Crippen LogP contribution in [0.2, 0.25) is 0 Å². The quantitative estimate of drug-likeness (QED) is 0.347. The van der Waals surface area contributed by atoms with Crippen molar-refractivity contribution in [3.8, 4) is 0 Å². The Kier molecular flexibility index (Phi) is 15.4. The Morgan fingerprint density at radius 3 is 1.59 bits per heavy atom. The molecule has 0 saturated carbocycles. The van der Waals surface area contributed by atoms with Gasteiger partial charge in [-0.1, -0.05) is 83.3 Å². The lowest BCUT2D eigenvalue weighted by Gasteiger charge is -2.01. The van der Waals surface area contributed by atoms with E-state index in [0.29, 0.717) is 6.54 Å². The molecular weight excluding hydrogens is 206 g/mol. The highest BCUT2D eigenvalue weighted by atomic mass is 14.5. The molecule has 0 fully saturated rings. The van der Waals surface area contributed by atoms with E-state index in [1.165, 1.54) is 77.0 Å². The molecule has 0 aromatic carbocycles. The number of hydrogen-bond acceptors (Lipinski definition) is 1. The van der Waals surface area contributed by atoms with E-state index in [-0.39, 0.29) is 0 Å². The number of allylic oxidation sites excluding steroid dienone is 1. The zero-order chi connectivity index (χ0) is 12.6. The zero-order valence-electron chi connectivity index (χ0n) is 11.9. The minimum atomic E-state index is 0.692. The van der Waals surface area contributed by atoms with Crippen molar-refractivity contribution in [2.75, 3.05) is 6.54 Å². The van der Waals surface area contributed by atoms with Crippen LogP contribution in [0.1, 0.15) is 84.0 Å². The van der Waals surface area contributed by atoms with Gasteiger partial charge in [0.2, 0.25) is 0 Å². The molecule has 17 heavy (non-hydrogen) atoms. The van der Waals surface area contributed by atoms with E-state index < -0.39 is 0 Å². The Hall–Kier alpha value is -0.300. The van der Waals surface area contributed by atoms with Gasteiger partial charge in [-0.3, -0.25) is 0 Å². The molecule has 0 radical (unpaired) electrons. The van der Waals surface area contributed by atoms with Gasteiger partial charge in [-0.05, 0) is 12.8 Å². The van der Waals surface area contributed by atoms with Gasteiger partial charge in [-0.2, -0.15) is 0 Å².